The molecule has 3 heteroatoms. The average Bonchev–Trinajstić information content (AvgIpc) is 2.04. The van der Waals surface area contributed by atoms with Crippen LogP contribution in [0, 0.1) is 6.92 Å². The first-order valence-corrected chi connectivity index (χ1v) is 3.72. The Morgan fingerprint density at radius 3 is 2.50 bits per heavy atom. The molecule has 0 atom stereocenters. The second kappa shape index (κ2) is 4.24. The van der Waals surface area contributed by atoms with Gasteiger partial charge in [0.2, 0.25) is 0 Å². The topological polar surface area (TPSA) is 18.5 Å². The van der Waals surface area contributed by atoms with Gasteiger partial charge in [0, 0.05) is 32.7 Å². The van der Waals surface area contributed by atoms with Crippen molar-refractivity contribution in [1.82, 2.24) is 0 Å². The molecular weight excluding hydrogens is 229 g/mol. The van der Waals surface area contributed by atoms with Crippen LogP contribution in [0.15, 0.2) is 18.2 Å². The maximum Gasteiger partial charge on any atom is 0.161 e. The first-order valence-electron chi connectivity index (χ1n) is 3.72. The van der Waals surface area contributed by atoms with Gasteiger partial charge < -0.3 is 9.47 Å². The zero-order valence-electron chi connectivity index (χ0n) is 7.04. The Balaban J connectivity index is 0.000000720. The van der Waals surface area contributed by atoms with E-state index >= 15 is 0 Å². The van der Waals surface area contributed by atoms with Gasteiger partial charge in [0.05, 0.1) is 0 Å². The Labute approximate surface area is 97.1 Å². The van der Waals surface area contributed by atoms with Crippen LogP contribution in [0.2, 0.25) is 0 Å². The van der Waals surface area contributed by atoms with Crippen molar-refractivity contribution in [1.29, 1.82) is 0 Å². The molecule has 0 spiro atoms. The molecule has 1 radical (unpaired) electrons. The molecule has 0 saturated carbocycles. The molecule has 1 aliphatic heterocycles. The van der Waals surface area contributed by atoms with Gasteiger partial charge in [0.25, 0.3) is 0 Å². The third-order valence-electron chi connectivity index (χ3n) is 1.70. The maximum atomic E-state index is 5.38. The summed E-state index contributed by atoms with van der Waals surface area (Å²) in [6.45, 7) is 3.37. The van der Waals surface area contributed by atoms with Crippen LogP contribution in [0.5, 0.6) is 11.5 Å². The summed E-state index contributed by atoms with van der Waals surface area (Å²) in [5.41, 5.74) is 1.20. The van der Waals surface area contributed by atoms with Crippen molar-refractivity contribution in [3.05, 3.63) is 23.8 Å². The van der Waals surface area contributed by atoms with Gasteiger partial charge in [0.15, 0.2) is 11.5 Å². The normalized spacial score (nSPS) is 13.4. The van der Waals surface area contributed by atoms with E-state index in [1.165, 1.54) is 5.56 Å². The number of ether oxygens (including phenoxy) is 2. The molecular formula is C9H10O2Y. The van der Waals surface area contributed by atoms with Crippen molar-refractivity contribution in [2.45, 2.75) is 6.92 Å². The van der Waals surface area contributed by atoms with Gasteiger partial charge in [-0.3, -0.25) is 0 Å². The second-order valence-corrected chi connectivity index (χ2v) is 2.65. The number of aryl methyl sites for hydroxylation is 1. The summed E-state index contributed by atoms with van der Waals surface area (Å²) in [5, 5.41) is 0. The maximum absolute atomic E-state index is 5.38. The first-order chi connectivity index (χ1) is 5.36. The third-order valence-corrected chi connectivity index (χ3v) is 1.70. The molecule has 0 saturated heterocycles. The molecule has 2 nitrogen and oxygen atoms in total. The monoisotopic (exact) mass is 239 g/mol. The van der Waals surface area contributed by atoms with Crippen LogP contribution in [-0.4, -0.2) is 13.2 Å². The standard InChI is InChI=1S/C9H10O2.Y/c1-7-2-3-8-9(6-7)11-5-4-10-8;/h2-3,6H,4-5H2,1H3;. The van der Waals surface area contributed by atoms with E-state index < -0.39 is 0 Å². The first kappa shape index (κ1) is 10.0. The van der Waals surface area contributed by atoms with Crippen LogP contribution in [0.25, 0.3) is 0 Å². The fourth-order valence-corrected chi connectivity index (χ4v) is 1.15. The molecule has 0 bridgehead atoms. The number of rotatable bonds is 0. The average molecular weight is 239 g/mol. The molecule has 0 unspecified atom stereocenters. The zero-order chi connectivity index (χ0) is 7.68. The number of benzene rings is 1. The second-order valence-electron chi connectivity index (χ2n) is 2.65. The Hall–Kier alpha value is -0.0761. The molecule has 0 aromatic heterocycles. The molecule has 0 aliphatic carbocycles. The molecule has 0 N–H and O–H groups in total. The predicted octanol–water partition coefficient (Wildman–Crippen LogP) is 1.76. The molecule has 1 aromatic carbocycles. The summed E-state index contributed by atoms with van der Waals surface area (Å²) >= 11 is 0. The van der Waals surface area contributed by atoms with Crippen molar-refractivity contribution >= 4 is 0 Å². The van der Waals surface area contributed by atoms with Gasteiger partial charge >= 0.3 is 0 Å². The molecule has 61 valence electrons. The van der Waals surface area contributed by atoms with Crippen molar-refractivity contribution in [3.8, 4) is 11.5 Å². The van der Waals surface area contributed by atoms with Crippen LogP contribution >= 0.6 is 0 Å². The summed E-state index contributed by atoms with van der Waals surface area (Å²) in [4.78, 5) is 0. The fraction of sp³-hybridized carbons (Fsp3) is 0.333. The van der Waals surface area contributed by atoms with E-state index in [0.29, 0.717) is 13.2 Å². The van der Waals surface area contributed by atoms with E-state index in [1.807, 2.05) is 25.1 Å². The molecule has 1 aliphatic rings. The predicted molar refractivity (Wildman–Crippen MR) is 42.2 cm³/mol. The summed E-state index contributed by atoms with van der Waals surface area (Å²) < 4.78 is 10.7. The molecule has 0 amide bonds. The van der Waals surface area contributed by atoms with Crippen molar-refractivity contribution in [2.24, 2.45) is 0 Å². The third kappa shape index (κ3) is 1.99. The summed E-state index contributed by atoms with van der Waals surface area (Å²) in [5.74, 6) is 1.73. The number of hydrogen-bond acceptors (Lipinski definition) is 2. The van der Waals surface area contributed by atoms with Gasteiger partial charge in [0.1, 0.15) is 13.2 Å². The number of fused-ring (bicyclic) bond motifs is 1. The van der Waals surface area contributed by atoms with E-state index in [4.69, 9.17) is 9.47 Å². The van der Waals surface area contributed by atoms with Gasteiger partial charge in [-0.05, 0) is 24.6 Å². The van der Waals surface area contributed by atoms with E-state index in [1.54, 1.807) is 0 Å². The Morgan fingerprint density at radius 2 is 1.75 bits per heavy atom. The Morgan fingerprint density at radius 1 is 1.08 bits per heavy atom. The van der Waals surface area contributed by atoms with Gasteiger partial charge in [-0.25, -0.2) is 0 Å². The Kier molecular flexibility index (Phi) is 3.54. The van der Waals surface area contributed by atoms with Crippen LogP contribution in [0.4, 0.5) is 0 Å². The Bertz CT molecular complexity index is 273. The molecule has 12 heavy (non-hydrogen) atoms. The summed E-state index contributed by atoms with van der Waals surface area (Å²) in [7, 11) is 0. The zero-order valence-corrected chi connectivity index (χ0v) is 9.88. The number of hydrogen-bond donors (Lipinski definition) is 0. The molecule has 1 heterocycles. The summed E-state index contributed by atoms with van der Waals surface area (Å²) in [6.07, 6.45) is 0. The SMILES string of the molecule is Cc1ccc2c(c1)OCCO2.[Y]. The quantitative estimate of drug-likeness (QED) is 0.686. The smallest absolute Gasteiger partial charge is 0.161 e. The largest absolute Gasteiger partial charge is 0.486 e. The van der Waals surface area contributed by atoms with Crippen LogP contribution in [0.1, 0.15) is 5.56 Å². The van der Waals surface area contributed by atoms with Gasteiger partial charge in [-0.2, -0.15) is 0 Å². The summed E-state index contributed by atoms with van der Waals surface area (Å²) in [6, 6.07) is 5.96. The van der Waals surface area contributed by atoms with E-state index in [9.17, 15) is 0 Å². The van der Waals surface area contributed by atoms with Crippen molar-refractivity contribution in [3.63, 3.8) is 0 Å². The van der Waals surface area contributed by atoms with Crippen LogP contribution in [0.3, 0.4) is 0 Å². The van der Waals surface area contributed by atoms with Crippen LogP contribution in [-0.2, 0) is 32.7 Å². The minimum absolute atomic E-state index is 0. The fourth-order valence-electron chi connectivity index (χ4n) is 1.15. The van der Waals surface area contributed by atoms with Crippen molar-refractivity contribution < 1.29 is 42.2 Å². The van der Waals surface area contributed by atoms with E-state index in [2.05, 4.69) is 0 Å². The van der Waals surface area contributed by atoms with Crippen molar-refractivity contribution in [2.75, 3.05) is 13.2 Å². The van der Waals surface area contributed by atoms with Gasteiger partial charge in [-0.15, -0.1) is 0 Å². The molecule has 2 rings (SSSR count). The minimum atomic E-state index is 0. The van der Waals surface area contributed by atoms with E-state index in [0.717, 1.165) is 11.5 Å². The molecule has 0 fully saturated rings. The van der Waals surface area contributed by atoms with Gasteiger partial charge in [-0.1, -0.05) is 6.07 Å². The molecule has 1 aromatic rings. The minimum Gasteiger partial charge on any atom is -0.486 e. The van der Waals surface area contributed by atoms with E-state index in [-0.39, 0.29) is 32.7 Å². The van der Waals surface area contributed by atoms with Crippen LogP contribution < -0.4 is 9.47 Å².